The highest BCUT2D eigenvalue weighted by atomic mass is 16.1. The Kier molecular flexibility index (Phi) is 2.65. The van der Waals surface area contributed by atoms with E-state index in [0.717, 1.165) is 30.9 Å². The van der Waals surface area contributed by atoms with E-state index in [1.807, 2.05) is 6.08 Å². The maximum Gasteiger partial charge on any atom is 0.157 e. The van der Waals surface area contributed by atoms with Crippen molar-refractivity contribution in [2.24, 2.45) is 17.3 Å². The summed E-state index contributed by atoms with van der Waals surface area (Å²) in [7, 11) is 0. The number of hydrogen-bond acceptors (Lipinski definition) is 2. The van der Waals surface area contributed by atoms with Gasteiger partial charge in [-0.3, -0.25) is 4.79 Å². The van der Waals surface area contributed by atoms with Crippen LogP contribution in [0.15, 0.2) is 23.9 Å². The molecule has 2 bridgehead atoms. The summed E-state index contributed by atoms with van der Waals surface area (Å²) in [6, 6.07) is 0.402. The van der Waals surface area contributed by atoms with Gasteiger partial charge in [-0.25, -0.2) is 0 Å². The van der Waals surface area contributed by atoms with Crippen molar-refractivity contribution in [2.45, 2.75) is 52.0 Å². The second-order valence-corrected chi connectivity index (χ2v) is 6.80. The van der Waals surface area contributed by atoms with Crippen LogP contribution in [-0.4, -0.2) is 11.8 Å². The van der Waals surface area contributed by atoms with Crippen molar-refractivity contribution in [2.75, 3.05) is 0 Å². The van der Waals surface area contributed by atoms with E-state index in [-0.39, 0.29) is 5.78 Å². The number of hydrogen-bond donors (Lipinski definition) is 1. The maximum atomic E-state index is 11.4. The first kappa shape index (κ1) is 12.0. The SMILES string of the molecule is C=C1[C@@H](NC2=CC(=O)CCC2)C[C@H]2C[C@H]1C2(C)C. The first-order valence-corrected chi connectivity index (χ1v) is 7.17. The highest BCUT2D eigenvalue weighted by Gasteiger charge is 2.54. The van der Waals surface area contributed by atoms with E-state index in [4.69, 9.17) is 0 Å². The lowest BCUT2D eigenvalue weighted by atomic mass is 9.46. The summed E-state index contributed by atoms with van der Waals surface area (Å²) >= 11 is 0. The van der Waals surface area contributed by atoms with Gasteiger partial charge in [-0.1, -0.05) is 26.0 Å². The van der Waals surface area contributed by atoms with Crippen molar-refractivity contribution >= 4 is 5.78 Å². The first-order valence-electron chi connectivity index (χ1n) is 7.17. The molecule has 2 nitrogen and oxygen atoms in total. The minimum Gasteiger partial charge on any atom is -0.382 e. The quantitative estimate of drug-likeness (QED) is 0.757. The van der Waals surface area contributed by atoms with Crippen LogP contribution in [0.4, 0.5) is 0 Å². The van der Waals surface area contributed by atoms with E-state index >= 15 is 0 Å². The van der Waals surface area contributed by atoms with Crippen LogP contribution in [0.25, 0.3) is 0 Å². The molecule has 0 amide bonds. The van der Waals surface area contributed by atoms with E-state index in [2.05, 4.69) is 25.7 Å². The molecule has 0 heterocycles. The second-order valence-electron chi connectivity index (χ2n) is 6.80. The second kappa shape index (κ2) is 3.97. The zero-order chi connectivity index (χ0) is 12.9. The molecule has 3 fully saturated rings. The molecule has 4 aliphatic carbocycles. The van der Waals surface area contributed by atoms with Gasteiger partial charge in [0.2, 0.25) is 0 Å². The standard InChI is InChI=1S/C16H23NO/c1-10-14-7-11(16(14,2)3)8-15(10)17-12-5-4-6-13(18)9-12/h9,11,14-15,17H,1,4-8H2,2-3H3/t11-,14-,15+/m1/s1. The lowest BCUT2D eigenvalue weighted by Crippen LogP contribution is -2.56. The lowest BCUT2D eigenvalue weighted by Gasteiger charge is -2.60. The van der Waals surface area contributed by atoms with Gasteiger partial charge in [0, 0.05) is 24.2 Å². The molecule has 1 N–H and O–H groups in total. The highest BCUT2D eigenvalue weighted by Crippen LogP contribution is 2.60. The van der Waals surface area contributed by atoms with Crippen LogP contribution in [-0.2, 0) is 4.79 Å². The van der Waals surface area contributed by atoms with Gasteiger partial charge < -0.3 is 5.32 Å². The average molecular weight is 245 g/mol. The Morgan fingerprint density at radius 2 is 2.11 bits per heavy atom. The highest BCUT2D eigenvalue weighted by molar-refractivity contribution is 5.91. The Morgan fingerprint density at radius 3 is 2.72 bits per heavy atom. The molecule has 0 aromatic heterocycles. The summed E-state index contributed by atoms with van der Waals surface area (Å²) in [4.78, 5) is 11.4. The van der Waals surface area contributed by atoms with Crippen LogP contribution < -0.4 is 5.32 Å². The molecule has 0 spiro atoms. The third kappa shape index (κ3) is 1.73. The number of carbonyl (C=O) groups excluding carboxylic acids is 1. The molecule has 4 aliphatic rings. The zero-order valence-electron chi connectivity index (χ0n) is 11.5. The fourth-order valence-corrected chi connectivity index (χ4v) is 4.00. The van der Waals surface area contributed by atoms with E-state index in [9.17, 15) is 4.79 Å². The van der Waals surface area contributed by atoms with Crippen molar-refractivity contribution in [3.63, 3.8) is 0 Å². The smallest absolute Gasteiger partial charge is 0.157 e. The fraction of sp³-hybridized carbons (Fsp3) is 0.688. The van der Waals surface area contributed by atoms with E-state index in [0.29, 0.717) is 17.4 Å². The molecular weight excluding hydrogens is 222 g/mol. The summed E-state index contributed by atoms with van der Waals surface area (Å²) in [5, 5.41) is 3.58. The van der Waals surface area contributed by atoms with Gasteiger partial charge in [-0.2, -0.15) is 0 Å². The summed E-state index contributed by atoms with van der Waals surface area (Å²) in [6.45, 7) is 9.06. The zero-order valence-corrected chi connectivity index (χ0v) is 11.5. The van der Waals surface area contributed by atoms with Crippen molar-refractivity contribution < 1.29 is 4.79 Å². The number of carbonyl (C=O) groups is 1. The number of allylic oxidation sites excluding steroid dienone is 2. The van der Waals surface area contributed by atoms with Crippen LogP contribution in [0, 0.1) is 17.3 Å². The predicted octanol–water partition coefficient (Wildman–Crippen LogP) is 3.20. The van der Waals surface area contributed by atoms with Gasteiger partial charge in [0.25, 0.3) is 0 Å². The number of ketones is 1. The average Bonchev–Trinajstić information content (AvgIpc) is 2.31. The van der Waals surface area contributed by atoms with Crippen LogP contribution in [0.1, 0.15) is 46.0 Å². The number of nitrogens with one attached hydrogen (secondary N) is 1. The Morgan fingerprint density at radius 1 is 1.33 bits per heavy atom. The molecule has 0 aromatic rings. The molecule has 3 atom stereocenters. The minimum absolute atomic E-state index is 0.274. The van der Waals surface area contributed by atoms with Crippen molar-refractivity contribution in [3.8, 4) is 0 Å². The Bertz CT molecular complexity index is 432. The van der Waals surface area contributed by atoms with Gasteiger partial charge in [-0.15, -0.1) is 0 Å². The fourth-order valence-electron chi connectivity index (χ4n) is 4.00. The largest absolute Gasteiger partial charge is 0.382 e. The summed E-state index contributed by atoms with van der Waals surface area (Å²) in [5.74, 6) is 1.77. The Hall–Kier alpha value is -1.05. The van der Waals surface area contributed by atoms with Gasteiger partial charge in [0.1, 0.15) is 0 Å². The summed E-state index contributed by atoms with van der Waals surface area (Å²) in [6.07, 6.45) is 7.05. The van der Waals surface area contributed by atoms with Crippen LogP contribution >= 0.6 is 0 Å². The summed E-state index contributed by atoms with van der Waals surface area (Å²) in [5.41, 5.74) is 2.95. The maximum absolute atomic E-state index is 11.4. The Balaban J connectivity index is 1.69. The molecule has 0 radical (unpaired) electrons. The van der Waals surface area contributed by atoms with Gasteiger partial charge in [0.15, 0.2) is 5.78 Å². The third-order valence-electron chi connectivity index (χ3n) is 5.45. The topological polar surface area (TPSA) is 29.1 Å². The van der Waals surface area contributed by atoms with Gasteiger partial charge in [0.05, 0.1) is 0 Å². The Labute approximate surface area is 110 Å². The molecular formula is C16H23NO. The van der Waals surface area contributed by atoms with Gasteiger partial charge in [-0.05, 0) is 42.9 Å². The van der Waals surface area contributed by atoms with Crippen LogP contribution in [0.2, 0.25) is 0 Å². The lowest BCUT2D eigenvalue weighted by molar-refractivity contribution is -0.115. The summed E-state index contributed by atoms with van der Waals surface area (Å²) < 4.78 is 0. The molecule has 0 aliphatic heterocycles. The van der Waals surface area contributed by atoms with E-state index in [1.54, 1.807) is 0 Å². The van der Waals surface area contributed by atoms with Crippen LogP contribution in [0.5, 0.6) is 0 Å². The molecule has 3 saturated carbocycles. The minimum atomic E-state index is 0.274. The molecule has 0 saturated heterocycles. The first-order chi connectivity index (χ1) is 8.48. The van der Waals surface area contributed by atoms with E-state index < -0.39 is 0 Å². The van der Waals surface area contributed by atoms with Crippen molar-refractivity contribution in [1.82, 2.24) is 5.32 Å². The molecule has 0 aromatic carbocycles. The molecule has 4 rings (SSSR count). The van der Waals surface area contributed by atoms with Crippen LogP contribution in [0.3, 0.4) is 0 Å². The molecule has 98 valence electrons. The molecule has 2 heteroatoms. The monoisotopic (exact) mass is 245 g/mol. The molecule has 0 unspecified atom stereocenters. The number of fused-ring (bicyclic) bond motifs is 2. The van der Waals surface area contributed by atoms with Crippen molar-refractivity contribution in [1.29, 1.82) is 0 Å². The third-order valence-corrected chi connectivity index (χ3v) is 5.45. The molecule has 18 heavy (non-hydrogen) atoms. The van der Waals surface area contributed by atoms with E-state index in [1.165, 1.54) is 18.4 Å². The van der Waals surface area contributed by atoms with Gasteiger partial charge >= 0.3 is 0 Å². The van der Waals surface area contributed by atoms with Crippen molar-refractivity contribution in [3.05, 3.63) is 23.9 Å². The number of rotatable bonds is 2. The normalized spacial score (nSPS) is 37.9. The predicted molar refractivity (Wildman–Crippen MR) is 73.0 cm³/mol.